The Morgan fingerprint density at radius 1 is 1.38 bits per heavy atom. The lowest BCUT2D eigenvalue weighted by Crippen LogP contribution is -2.35. The normalized spacial score (nSPS) is 23.2. The topological polar surface area (TPSA) is 15.3 Å². The molecule has 1 N–H and O–H groups in total. The highest BCUT2D eigenvalue weighted by Gasteiger charge is 2.27. The predicted molar refractivity (Wildman–Crippen MR) is 58.3 cm³/mol. The fraction of sp³-hybridized carbons (Fsp3) is 1.00. The minimum Gasteiger partial charge on any atom is -0.307 e. The third kappa shape index (κ3) is 5.16. The van der Waals surface area contributed by atoms with Crippen molar-refractivity contribution >= 4 is 0 Å². The highest BCUT2D eigenvalue weighted by atomic mass is 19.4. The molecule has 16 heavy (non-hydrogen) atoms. The first-order valence-electron chi connectivity index (χ1n) is 5.88. The molecule has 0 radical (unpaired) electrons. The zero-order chi connectivity index (χ0) is 12.2. The quantitative estimate of drug-likeness (QED) is 0.738. The van der Waals surface area contributed by atoms with Gasteiger partial charge >= 0.3 is 6.18 Å². The van der Waals surface area contributed by atoms with Gasteiger partial charge in [0.25, 0.3) is 0 Å². The molecule has 5 heteroatoms. The lowest BCUT2D eigenvalue weighted by Gasteiger charge is -2.18. The number of halogens is 3. The summed E-state index contributed by atoms with van der Waals surface area (Å²) in [5.74, 6) is 1.38. The van der Waals surface area contributed by atoms with Gasteiger partial charge in [0.05, 0.1) is 6.54 Å². The fourth-order valence-corrected chi connectivity index (χ4v) is 2.08. The van der Waals surface area contributed by atoms with Crippen molar-refractivity contribution in [2.45, 2.75) is 26.4 Å². The molecule has 96 valence electrons. The number of rotatable bonds is 5. The maximum atomic E-state index is 11.8. The zero-order valence-electron chi connectivity index (χ0n) is 9.98. The molecule has 1 heterocycles. The van der Waals surface area contributed by atoms with E-state index in [1.165, 1.54) is 6.42 Å². The first-order chi connectivity index (χ1) is 7.38. The van der Waals surface area contributed by atoms with Gasteiger partial charge in [0.2, 0.25) is 0 Å². The third-order valence-corrected chi connectivity index (χ3v) is 3.18. The second-order valence-corrected chi connectivity index (χ2v) is 4.89. The monoisotopic (exact) mass is 238 g/mol. The van der Waals surface area contributed by atoms with E-state index in [1.807, 2.05) is 0 Å². The SMILES string of the molecule is CC(C)C1CCN(CCNCC(F)(F)F)C1. The molecule has 2 nitrogen and oxygen atoms in total. The minimum absolute atomic E-state index is 0.421. The van der Waals surface area contributed by atoms with E-state index in [2.05, 4.69) is 24.1 Å². The van der Waals surface area contributed by atoms with E-state index in [1.54, 1.807) is 0 Å². The maximum absolute atomic E-state index is 11.8. The Morgan fingerprint density at radius 2 is 2.06 bits per heavy atom. The molecule has 0 amide bonds. The summed E-state index contributed by atoms with van der Waals surface area (Å²) in [6.45, 7) is 6.73. The van der Waals surface area contributed by atoms with E-state index in [0.29, 0.717) is 18.4 Å². The molecule has 1 fully saturated rings. The Labute approximate surface area is 95.2 Å². The van der Waals surface area contributed by atoms with Crippen molar-refractivity contribution in [2.24, 2.45) is 11.8 Å². The molecule has 0 bridgehead atoms. The van der Waals surface area contributed by atoms with Gasteiger partial charge in [-0.25, -0.2) is 0 Å². The first-order valence-corrected chi connectivity index (χ1v) is 5.88. The Bertz CT molecular complexity index is 204. The Kier molecular flexibility index (Phi) is 5.05. The van der Waals surface area contributed by atoms with Gasteiger partial charge in [-0.15, -0.1) is 0 Å². The Morgan fingerprint density at radius 3 is 2.56 bits per heavy atom. The van der Waals surface area contributed by atoms with Gasteiger partial charge in [-0.05, 0) is 24.8 Å². The number of likely N-dealkylation sites (tertiary alicyclic amines) is 1. The average molecular weight is 238 g/mol. The molecule has 1 aliphatic rings. The Hall–Kier alpha value is -0.290. The lowest BCUT2D eigenvalue weighted by molar-refractivity contribution is -0.124. The molecule has 1 rings (SSSR count). The van der Waals surface area contributed by atoms with Gasteiger partial charge in [0.15, 0.2) is 0 Å². The highest BCUT2D eigenvalue weighted by molar-refractivity contribution is 4.77. The largest absolute Gasteiger partial charge is 0.401 e. The van der Waals surface area contributed by atoms with Crippen LogP contribution in [0.2, 0.25) is 0 Å². The van der Waals surface area contributed by atoms with E-state index in [0.717, 1.165) is 19.6 Å². The van der Waals surface area contributed by atoms with E-state index in [-0.39, 0.29) is 0 Å². The van der Waals surface area contributed by atoms with E-state index in [4.69, 9.17) is 0 Å². The van der Waals surface area contributed by atoms with Crippen LogP contribution in [0.3, 0.4) is 0 Å². The molecule has 0 aromatic carbocycles. The van der Waals surface area contributed by atoms with Crippen LogP contribution in [0, 0.1) is 11.8 Å². The van der Waals surface area contributed by atoms with Crippen molar-refractivity contribution in [3.05, 3.63) is 0 Å². The summed E-state index contributed by atoms with van der Waals surface area (Å²) in [7, 11) is 0. The van der Waals surface area contributed by atoms with Crippen molar-refractivity contribution in [1.82, 2.24) is 10.2 Å². The molecule has 0 aliphatic carbocycles. The highest BCUT2D eigenvalue weighted by Crippen LogP contribution is 2.22. The molecule has 1 aliphatic heterocycles. The molecule has 0 saturated carbocycles. The summed E-state index contributed by atoms with van der Waals surface area (Å²) in [6.07, 6.45) is -2.91. The van der Waals surface area contributed by atoms with Gasteiger partial charge in [0, 0.05) is 19.6 Å². The summed E-state index contributed by atoms with van der Waals surface area (Å²) in [5.41, 5.74) is 0. The van der Waals surface area contributed by atoms with Crippen molar-refractivity contribution in [2.75, 3.05) is 32.7 Å². The molecular weight excluding hydrogens is 217 g/mol. The molecule has 1 atom stereocenters. The van der Waals surface area contributed by atoms with Gasteiger partial charge < -0.3 is 10.2 Å². The van der Waals surface area contributed by atoms with Crippen LogP contribution in [0.4, 0.5) is 13.2 Å². The molecule has 0 aromatic heterocycles. The van der Waals surface area contributed by atoms with Crippen LogP contribution in [0.25, 0.3) is 0 Å². The van der Waals surface area contributed by atoms with Crippen molar-refractivity contribution in [1.29, 1.82) is 0 Å². The van der Waals surface area contributed by atoms with E-state index < -0.39 is 12.7 Å². The number of hydrogen-bond donors (Lipinski definition) is 1. The van der Waals surface area contributed by atoms with Crippen molar-refractivity contribution in [3.8, 4) is 0 Å². The summed E-state index contributed by atoms with van der Waals surface area (Å²) >= 11 is 0. The van der Waals surface area contributed by atoms with Crippen molar-refractivity contribution < 1.29 is 13.2 Å². The van der Waals surface area contributed by atoms with E-state index >= 15 is 0 Å². The van der Waals surface area contributed by atoms with Gasteiger partial charge in [-0.1, -0.05) is 13.8 Å². The van der Waals surface area contributed by atoms with Crippen LogP contribution < -0.4 is 5.32 Å². The average Bonchev–Trinajstić information content (AvgIpc) is 2.59. The van der Waals surface area contributed by atoms with Gasteiger partial charge in [-0.2, -0.15) is 13.2 Å². The first kappa shape index (κ1) is 13.8. The van der Waals surface area contributed by atoms with Crippen LogP contribution in [0.15, 0.2) is 0 Å². The summed E-state index contributed by atoms with van der Waals surface area (Å²) < 4.78 is 35.5. The van der Waals surface area contributed by atoms with Gasteiger partial charge in [-0.3, -0.25) is 0 Å². The van der Waals surface area contributed by atoms with Gasteiger partial charge in [0.1, 0.15) is 0 Å². The number of nitrogens with zero attached hydrogens (tertiary/aromatic N) is 1. The number of alkyl halides is 3. The van der Waals surface area contributed by atoms with Crippen molar-refractivity contribution in [3.63, 3.8) is 0 Å². The molecular formula is C11H21F3N2. The lowest BCUT2D eigenvalue weighted by atomic mass is 9.95. The van der Waals surface area contributed by atoms with Crippen LogP contribution in [-0.4, -0.2) is 43.8 Å². The van der Waals surface area contributed by atoms with Crippen LogP contribution in [0.5, 0.6) is 0 Å². The summed E-state index contributed by atoms with van der Waals surface area (Å²) in [4.78, 5) is 2.24. The van der Waals surface area contributed by atoms with E-state index in [9.17, 15) is 13.2 Å². The number of hydrogen-bond acceptors (Lipinski definition) is 2. The van der Waals surface area contributed by atoms with Crippen LogP contribution >= 0.6 is 0 Å². The molecule has 1 unspecified atom stereocenters. The second kappa shape index (κ2) is 5.87. The summed E-state index contributed by atoms with van der Waals surface area (Å²) in [6, 6.07) is 0. The number of nitrogens with one attached hydrogen (secondary N) is 1. The molecule has 0 aromatic rings. The maximum Gasteiger partial charge on any atom is 0.401 e. The second-order valence-electron chi connectivity index (χ2n) is 4.89. The van der Waals surface area contributed by atoms with Crippen LogP contribution in [-0.2, 0) is 0 Å². The molecule has 1 saturated heterocycles. The van der Waals surface area contributed by atoms with Crippen LogP contribution in [0.1, 0.15) is 20.3 Å². The molecule has 0 spiro atoms. The Balaban J connectivity index is 2.07. The smallest absolute Gasteiger partial charge is 0.307 e. The fourth-order valence-electron chi connectivity index (χ4n) is 2.08. The zero-order valence-corrected chi connectivity index (χ0v) is 9.98. The standard InChI is InChI=1S/C11H21F3N2/c1-9(2)10-3-5-16(7-10)6-4-15-8-11(12,13)14/h9-10,15H,3-8H2,1-2H3. The summed E-state index contributed by atoms with van der Waals surface area (Å²) in [5, 5.41) is 2.43. The third-order valence-electron chi connectivity index (χ3n) is 3.18. The predicted octanol–water partition coefficient (Wildman–Crippen LogP) is 2.12. The minimum atomic E-state index is -4.09.